The number of fused-ring (bicyclic) bond motifs is 1. The van der Waals surface area contributed by atoms with Crippen LogP contribution < -0.4 is 10.6 Å². The van der Waals surface area contributed by atoms with Gasteiger partial charge in [-0.05, 0) is 18.1 Å². The number of carboxylic acid groups (broad SMARTS) is 2. The number of aromatic nitrogens is 1. The Bertz CT molecular complexity index is 944. The van der Waals surface area contributed by atoms with Crippen LogP contribution in [0.5, 0.6) is 0 Å². The van der Waals surface area contributed by atoms with Gasteiger partial charge in [0.05, 0.1) is 11.7 Å². The van der Waals surface area contributed by atoms with Crippen molar-refractivity contribution in [1.29, 1.82) is 0 Å². The number of carboxylic acids is 2. The number of aliphatic carboxylic acids is 2. The second-order valence-corrected chi connectivity index (χ2v) is 7.90. The van der Waals surface area contributed by atoms with Crippen molar-refractivity contribution in [3.05, 3.63) is 36.0 Å². The first kappa shape index (κ1) is 24.3. The van der Waals surface area contributed by atoms with Gasteiger partial charge >= 0.3 is 11.9 Å². The number of unbranched alkanes of at least 4 members (excludes halogenated alkanes) is 1. The van der Waals surface area contributed by atoms with Crippen LogP contribution in [0.4, 0.5) is 0 Å². The van der Waals surface area contributed by atoms with Gasteiger partial charge in [0.2, 0.25) is 11.8 Å². The van der Waals surface area contributed by atoms with E-state index in [2.05, 4.69) is 28.2 Å². The Morgan fingerprint density at radius 3 is 2.39 bits per heavy atom. The Labute approximate surface area is 185 Å². The molecule has 5 N–H and O–H groups in total. The van der Waals surface area contributed by atoms with E-state index in [9.17, 15) is 24.3 Å². The zero-order valence-corrected chi connectivity index (χ0v) is 18.0. The lowest BCUT2D eigenvalue weighted by molar-refractivity contribution is -0.143. The number of carbonyl (C=O) groups excluding carboxylic acids is 2. The largest absolute Gasteiger partial charge is 0.481 e. The third-order valence-electron chi connectivity index (χ3n) is 4.86. The van der Waals surface area contributed by atoms with Crippen LogP contribution in [-0.2, 0) is 25.6 Å². The van der Waals surface area contributed by atoms with Crippen LogP contribution >= 0.6 is 12.6 Å². The number of rotatable bonds is 12. The van der Waals surface area contributed by atoms with Crippen LogP contribution in [0.25, 0.3) is 10.9 Å². The fourth-order valence-electron chi connectivity index (χ4n) is 3.17. The Balaban J connectivity index is 2.11. The monoisotopic (exact) mass is 449 g/mol. The maximum absolute atomic E-state index is 12.7. The predicted octanol–water partition coefficient (Wildman–Crippen LogP) is 1.73. The van der Waals surface area contributed by atoms with E-state index < -0.39 is 47.5 Å². The van der Waals surface area contributed by atoms with Crippen molar-refractivity contribution in [2.24, 2.45) is 0 Å². The number of hydrogen-bond acceptors (Lipinski definition) is 5. The Kier molecular flexibility index (Phi) is 8.92. The van der Waals surface area contributed by atoms with E-state index in [0.717, 1.165) is 23.7 Å². The highest BCUT2D eigenvalue weighted by atomic mass is 32.1. The molecule has 0 fully saturated rings. The third-order valence-corrected chi connectivity index (χ3v) is 5.35. The van der Waals surface area contributed by atoms with Crippen LogP contribution in [0.2, 0.25) is 0 Å². The molecular weight excluding hydrogens is 422 g/mol. The van der Waals surface area contributed by atoms with Gasteiger partial charge in [-0.3, -0.25) is 14.4 Å². The quantitative estimate of drug-likeness (QED) is 0.272. The van der Waals surface area contributed by atoms with Crippen LogP contribution in [0, 0.1) is 0 Å². The van der Waals surface area contributed by atoms with Crippen LogP contribution in [-0.4, -0.2) is 56.3 Å². The first-order valence-corrected chi connectivity index (χ1v) is 10.5. The van der Waals surface area contributed by atoms with Crippen molar-refractivity contribution in [3.63, 3.8) is 0 Å². The van der Waals surface area contributed by atoms with Gasteiger partial charge in [0.25, 0.3) is 0 Å². The molecule has 0 aliphatic heterocycles. The lowest BCUT2D eigenvalue weighted by Crippen LogP contribution is -2.54. The molecule has 2 amide bonds. The molecule has 0 bridgehead atoms. The molecule has 2 aromatic rings. The molecule has 0 saturated carbocycles. The van der Waals surface area contributed by atoms with Gasteiger partial charge in [0.1, 0.15) is 12.1 Å². The molecule has 0 radical (unpaired) electrons. The van der Waals surface area contributed by atoms with E-state index in [1.54, 1.807) is 6.20 Å². The summed E-state index contributed by atoms with van der Waals surface area (Å²) in [5, 5.41) is 23.6. The molecule has 0 spiro atoms. The lowest BCUT2D eigenvalue weighted by atomic mass is 10.0. The zero-order valence-electron chi connectivity index (χ0n) is 17.1. The molecule has 3 atom stereocenters. The SMILES string of the molecule is CCCC[C@H](S)C(=O)N[C@@H](CC(=O)O)C(=O)N[C@@H](Cc1c[nH]c2ccccc12)C(=O)O. The summed E-state index contributed by atoms with van der Waals surface area (Å²) in [6.07, 6.45) is 3.07. The Morgan fingerprint density at radius 2 is 1.74 bits per heavy atom. The second kappa shape index (κ2) is 11.4. The van der Waals surface area contributed by atoms with Gasteiger partial charge in [-0.25, -0.2) is 4.79 Å². The molecule has 2 rings (SSSR count). The summed E-state index contributed by atoms with van der Waals surface area (Å²) in [5.41, 5.74) is 1.52. The number of thiol groups is 1. The highest BCUT2D eigenvalue weighted by Crippen LogP contribution is 2.19. The molecule has 0 unspecified atom stereocenters. The number of aromatic amines is 1. The van der Waals surface area contributed by atoms with Crippen LogP contribution in [0.15, 0.2) is 30.5 Å². The van der Waals surface area contributed by atoms with Crippen molar-refractivity contribution >= 4 is 47.3 Å². The molecule has 10 heteroatoms. The number of carbonyl (C=O) groups is 4. The third kappa shape index (κ3) is 7.02. The number of para-hydroxylation sites is 1. The maximum Gasteiger partial charge on any atom is 0.326 e. The Hall–Kier alpha value is -3.01. The molecule has 0 aliphatic carbocycles. The molecule has 0 aliphatic rings. The van der Waals surface area contributed by atoms with E-state index in [1.807, 2.05) is 31.2 Å². The summed E-state index contributed by atoms with van der Waals surface area (Å²) >= 11 is 4.20. The summed E-state index contributed by atoms with van der Waals surface area (Å²) in [6, 6.07) is 4.63. The molecule has 1 aromatic heterocycles. The lowest BCUT2D eigenvalue weighted by Gasteiger charge is -2.21. The molecule has 1 heterocycles. The van der Waals surface area contributed by atoms with E-state index in [-0.39, 0.29) is 6.42 Å². The summed E-state index contributed by atoms with van der Waals surface area (Å²) < 4.78 is 0. The molecule has 1 aromatic carbocycles. The van der Waals surface area contributed by atoms with Gasteiger partial charge < -0.3 is 25.8 Å². The number of H-pyrrole nitrogens is 1. The summed E-state index contributed by atoms with van der Waals surface area (Å²) in [6.45, 7) is 1.96. The summed E-state index contributed by atoms with van der Waals surface area (Å²) in [7, 11) is 0. The maximum atomic E-state index is 12.7. The highest BCUT2D eigenvalue weighted by Gasteiger charge is 2.30. The number of hydrogen-bond donors (Lipinski definition) is 6. The van der Waals surface area contributed by atoms with Gasteiger partial charge in [-0.1, -0.05) is 38.0 Å². The van der Waals surface area contributed by atoms with E-state index in [1.165, 1.54) is 0 Å². The van der Waals surface area contributed by atoms with Crippen molar-refractivity contribution in [1.82, 2.24) is 15.6 Å². The normalized spacial score (nSPS) is 13.9. The average molecular weight is 450 g/mol. The highest BCUT2D eigenvalue weighted by molar-refractivity contribution is 7.81. The van der Waals surface area contributed by atoms with Crippen molar-refractivity contribution in [2.75, 3.05) is 0 Å². The van der Waals surface area contributed by atoms with Crippen LogP contribution in [0.1, 0.15) is 38.2 Å². The molecule has 31 heavy (non-hydrogen) atoms. The van der Waals surface area contributed by atoms with Gasteiger partial charge in [-0.15, -0.1) is 0 Å². The molecule has 9 nitrogen and oxygen atoms in total. The van der Waals surface area contributed by atoms with Crippen molar-refractivity contribution in [2.45, 2.75) is 56.4 Å². The standard InChI is InChI=1S/C21H27N3O6S/c1-2-3-8-17(31)20(28)23-15(10-18(25)26)19(27)24-16(21(29)30)9-12-11-22-14-7-5-4-6-13(12)14/h4-7,11,15-17,22,31H,2-3,8-10H2,1H3,(H,23,28)(H,24,27)(H,25,26)(H,29,30)/t15-,16-,17-/m0/s1. The van der Waals surface area contributed by atoms with Crippen molar-refractivity contribution < 1.29 is 29.4 Å². The molecular formula is C21H27N3O6S. The minimum Gasteiger partial charge on any atom is -0.481 e. The Morgan fingerprint density at radius 1 is 1.06 bits per heavy atom. The average Bonchev–Trinajstić information content (AvgIpc) is 3.13. The van der Waals surface area contributed by atoms with Crippen LogP contribution in [0.3, 0.4) is 0 Å². The summed E-state index contributed by atoms with van der Waals surface area (Å²) in [4.78, 5) is 50.9. The van der Waals surface area contributed by atoms with Gasteiger partial charge in [0, 0.05) is 23.5 Å². The predicted molar refractivity (Wildman–Crippen MR) is 118 cm³/mol. The summed E-state index contributed by atoms with van der Waals surface area (Å²) in [5.74, 6) is -4.01. The number of nitrogens with one attached hydrogen (secondary N) is 3. The smallest absolute Gasteiger partial charge is 0.326 e. The van der Waals surface area contributed by atoms with E-state index >= 15 is 0 Å². The van der Waals surface area contributed by atoms with Gasteiger partial charge in [-0.2, -0.15) is 12.6 Å². The van der Waals surface area contributed by atoms with E-state index in [4.69, 9.17) is 5.11 Å². The zero-order chi connectivity index (χ0) is 23.0. The first-order chi connectivity index (χ1) is 14.7. The minimum absolute atomic E-state index is 0.00941. The van der Waals surface area contributed by atoms with E-state index in [0.29, 0.717) is 12.0 Å². The first-order valence-electron chi connectivity index (χ1n) is 10.0. The topological polar surface area (TPSA) is 149 Å². The minimum atomic E-state index is -1.41. The molecule has 168 valence electrons. The number of benzene rings is 1. The fraction of sp³-hybridized carbons (Fsp3) is 0.429. The van der Waals surface area contributed by atoms with Crippen molar-refractivity contribution in [3.8, 4) is 0 Å². The second-order valence-electron chi connectivity index (χ2n) is 7.28. The number of amides is 2. The fourth-order valence-corrected chi connectivity index (χ4v) is 3.43. The molecule has 0 saturated heterocycles. The van der Waals surface area contributed by atoms with Gasteiger partial charge in [0.15, 0.2) is 0 Å².